The highest BCUT2D eigenvalue weighted by Gasteiger charge is 2.23. The molecule has 1 aromatic carbocycles. The first kappa shape index (κ1) is 14.0. The van der Waals surface area contributed by atoms with Crippen molar-refractivity contribution in [3.8, 4) is 11.3 Å². The largest absolute Gasteiger partial charge is 0.480 e. The molecule has 3 rings (SSSR count). The lowest BCUT2D eigenvalue weighted by molar-refractivity contribution is -0.140. The van der Waals surface area contributed by atoms with Crippen LogP contribution >= 0.6 is 0 Å². The number of carbonyl (C=O) groups is 1. The standard InChI is InChI=1S/C15H13N3O4/c1-8(15(20)21)18-14(19)13-11(9(2)22-17-13)12(16-18)10-6-4-3-5-7-10/h3-8H,1-2H3,(H,20,21). The molecule has 0 radical (unpaired) electrons. The van der Waals surface area contributed by atoms with Gasteiger partial charge in [0.2, 0.25) is 0 Å². The van der Waals surface area contributed by atoms with Crippen LogP contribution in [0.5, 0.6) is 0 Å². The van der Waals surface area contributed by atoms with Crippen LogP contribution in [0.3, 0.4) is 0 Å². The van der Waals surface area contributed by atoms with Crippen LogP contribution in [-0.4, -0.2) is 26.0 Å². The van der Waals surface area contributed by atoms with E-state index < -0.39 is 17.6 Å². The van der Waals surface area contributed by atoms with Gasteiger partial charge in [-0.15, -0.1) is 0 Å². The van der Waals surface area contributed by atoms with Crippen molar-refractivity contribution in [3.05, 3.63) is 46.4 Å². The molecule has 22 heavy (non-hydrogen) atoms. The molecular weight excluding hydrogens is 286 g/mol. The number of rotatable bonds is 3. The molecule has 0 fully saturated rings. The van der Waals surface area contributed by atoms with Crippen molar-refractivity contribution >= 4 is 16.9 Å². The molecule has 3 aromatic rings. The van der Waals surface area contributed by atoms with E-state index in [1.54, 1.807) is 6.92 Å². The van der Waals surface area contributed by atoms with E-state index in [4.69, 9.17) is 9.63 Å². The first-order valence-corrected chi connectivity index (χ1v) is 6.67. The average molecular weight is 299 g/mol. The molecule has 7 heteroatoms. The van der Waals surface area contributed by atoms with Gasteiger partial charge in [0.1, 0.15) is 11.5 Å². The van der Waals surface area contributed by atoms with Crippen molar-refractivity contribution in [1.82, 2.24) is 14.9 Å². The lowest BCUT2D eigenvalue weighted by atomic mass is 10.1. The molecule has 0 saturated heterocycles. The molecule has 2 heterocycles. The number of hydrogen-bond acceptors (Lipinski definition) is 5. The Morgan fingerprint density at radius 1 is 1.32 bits per heavy atom. The Morgan fingerprint density at radius 2 is 2.00 bits per heavy atom. The van der Waals surface area contributed by atoms with E-state index in [0.717, 1.165) is 10.2 Å². The fourth-order valence-corrected chi connectivity index (χ4v) is 2.27. The van der Waals surface area contributed by atoms with Gasteiger partial charge in [-0.25, -0.2) is 9.48 Å². The van der Waals surface area contributed by atoms with Crippen molar-refractivity contribution in [3.63, 3.8) is 0 Å². The van der Waals surface area contributed by atoms with E-state index in [-0.39, 0.29) is 5.52 Å². The number of aryl methyl sites for hydroxylation is 1. The highest BCUT2D eigenvalue weighted by Crippen LogP contribution is 2.27. The first-order valence-electron chi connectivity index (χ1n) is 6.67. The molecule has 112 valence electrons. The summed E-state index contributed by atoms with van der Waals surface area (Å²) in [5.41, 5.74) is 0.730. The zero-order valence-electron chi connectivity index (χ0n) is 12.0. The Kier molecular flexibility index (Phi) is 3.25. The summed E-state index contributed by atoms with van der Waals surface area (Å²) in [5.74, 6) is -0.679. The van der Waals surface area contributed by atoms with Crippen LogP contribution in [0.15, 0.2) is 39.6 Å². The van der Waals surface area contributed by atoms with Crippen molar-refractivity contribution in [2.24, 2.45) is 0 Å². The van der Waals surface area contributed by atoms with E-state index in [2.05, 4.69) is 10.3 Å². The van der Waals surface area contributed by atoms with Gasteiger partial charge in [-0.05, 0) is 13.8 Å². The van der Waals surface area contributed by atoms with Crippen molar-refractivity contribution in [2.45, 2.75) is 19.9 Å². The van der Waals surface area contributed by atoms with Crippen LogP contribution in [-0.2, 0) is 4.79 Å². The van der Waals surface area contributed by atoms with Crippen molar-refractivity contribution < 1.29 is 14.4 Å². The second kappa shape index (κ2) is 5.10. The number of carboxylic acids is 1. The monoisotopic (exact) mass is 299 g/mol. The number of hydrogen-bond donors (Lipinski definition) is 1. The maximum absolute atomic E-state index is 12.4. The van der Waals surface area contributed by atoms with E-state index in [1.807, 2.05) is 30.3 Å². The van der Waals surface area contributed by atoms with Gasteiger partial charge < -0.3 is 9.63 Å². The smallest absolute Gasteiger partial charge is 0.328 e. The third kappa shape index (κ3) is 2.07. The highest BCUT2D eigenvalue weighted by molar-refractivity contribution is 5.93. The molecule has 0 bridgehead atoms. The zero-order chi connectivity index (χ0) is 15.9. The fourth-order valence-electron chi connectivity index (χ4n) is 2.27. The minimum Gasteiger partial charge on any atom is -0.480 e. The van der Waals surface area contributed by atoms with Crippen LogP contribution in [0.1, 0.15) is 18.7 Å². The van der Waals surface area contributed by atoms with Gasteiger partial charge in [0.15, 0.2) is 11.6 Å². The van der Waals surface area contributed by atoms with Crippen LogP contribution in [0, 0.1) is 6.92 Å². The van der Waals surface area contributed by atoms with Gasteiger partial charge in [0.25, 0.3) is 5.56 Å². The number of benzene rings is 1. The summed E-state index contributed by atoms with van der Waals surface area (Å²) in [5, 5.41) is 17.7. The number of aliphatic carboxylic acids is 1. The normalized spacial score (nSPS) is 12.5. The van der Waals surface area contributed by atoms with Gasteiger partial charge in [-0.2, -0.15) is 5.10 Å². The Balaban J connectivity index is 2.40. The molecule has 7 nitrogen and oxygen atoms in total. The molecule has 0 spiro atoms. The molecule has 0 amide bonds. The van der Waals surface area contributed by atoms with Crippen molar-refractivity contribution in [2.75, 3.05) is 0 Å². The van der Waals surface area contributed by atoms with Gasteiger partial charge in [-0.3, -0.25) is 4.79 Å². The molecule has 1 N–H and O–H groups in total. The molecule has 1 atom stereocenters. The summed E-state index contributed by atoms with van der Waals surface area (Å²) in [7, 11) is 0. The molecule has 1 unspecified atom stereocenters. The molecular formula is C15H13N3O4. The van der Waals surface area contributed by atoms with Gasteiger partial charge >= 0.3 is 5.97 Å². The Labute approximate surface area is 124 Å². The molecule has 0 aliphatic heterocycles. The molecule has 2 aromatic heterocycles. The van der Waals surface area contributed by atoms with E-state index in [0.29, 0.717) is 16.8 Å². The van der Waals surface area contributed by atoms with Gasteiger partial charge in [0.05, 0.1) is 5.39 Å². The van der Waals surface area contributed by atoms with Gasteiger partial charge in [0, 0.05) is 5.56 Å². The minimum absolute atomic E-state index is 0.0828. The summed E-state index contributed by atoms with van der Waals surface area (Å²) >= 11 is 0. The number of fused-ring (bicyclic) bond motifs is 1. The third-order valence-electron chi connectivity index (χ3n) is 3.49. The Hall–Kier alpha value is -2.96. The number of carboxylic acid groups (broad SMARTS) is 1. The Morgan fingerprint density at radius 3 is 2.64 bits per heavy atom. The van der Waals surface area contributed by atoms with E-state index in [9.17, 15) is 9.59 Å². The third-order valence-corrected chi connectivity index (χ3v) is 3.49. The fraction of sp³-hybridized carbons (Fsp3) is 0.200. The SMILES string of the molecule is Cc1onc2c(=O)n(C(C)C(=O)O)nc(-c3ccccc3)c12. The summed E-state index contributed by atoms with van der Waals surface area (Å²) in [6, 6.07) is 8.08. The summed E-state index contributed by atoms with van der Waals surface area (Å²) < 4.78 is 6.03. The lowest BCUT2D eigenvalue weighted by Crippen LogP contribution is -2.31. The van der Waals surface area contributed by atoms with E-state index >= 15 is 0 Å². The summed E-state index contributed by atoms with van der Waals surface area (Å²) in [6.07, 6.45) is 0. The summed E-state index contributed by atoms with van der Waals surface area (Å²) in [4.78, 5) is 23.6. The second-order valence-corrected chi connectivity index (χ2v) is 4.94. The first-order chi connectivity index (χ1) is 10.5. The highest BCUT2D eigenvalue weighted by atomic mass is 16.5. The summed E-state index contributed by atoms with van der Waals surface area (Å²) in [6.45, 7) is 3.08. The number of aromatic nitrogens is 3. The van der Waals surface area contributed by atoms with Crippen LogP contribution in [0.25, 0.3) is 22.2 Å². The topological polar surface area (TPSA) is 98.2 Å². The Bertz CT molecular complexity index is 912. The van der Waals surface area contributed by atoms with Crippen LogP contribution in [0.4, 0.5) is 0 Å². The number of nitrogens with zero attached hydrogens (tertiary/aromatic N) is 3. The maximum atomic E-state index is 12.4. The molecule has 0 aliphatic carbocycles. The van der Waals surface area contributed by atoms with Crippen molar-refractivity contribution in [1.29, 1.82) is 0 Å². The van der Waals surface area contributed by atoms with Gasteiger partial charge in [-0.1, -0.05) is 35.5 Å². The average Bonchev–Trinajstić information content (AvgIpc) is 2.91. The minimum atomic E-state index is -1.15. The predicted molar refractivity (Wildman–Crippen MR) is 78.6 cm³/mol. The zero-order valence-corrected chi connectivity index (χ0v) is 12.0. The van der Waals surface area contributed by atoms with Crippen LogP contribution < -0.4 is 5.56 Å². The molecule has 0 saturated carbocycles. The quantitative estimate of drug-likeness (QED) is 0.794. The predicted octanol–water partition coefficient (Wildman–Crippen LogP) is 2.01. The van der Waals surface area contributed by atoms with Crippen LogP contribution in [0.2, 0.25) is 0 Å². The molecule has 0 aliphatic rings. The van der Waals surface area contributed by atoms with E-state index in [1.165, 1.54) is 6.92 Å². The second-order valence-electron chi connectivity index (χ2n) is 4.94. The lowest BCUT2D eigenvalue weighted by Gasteiger charge is -2.11. The maximum Gasteiger partial charge on any atom is 0.328 e.